The Morgan fingerprint density at radius 2 is 2.16 bits per heavy atom. The maximum Gasteiger partial charge on any atom is 0.141 e. The Labute approximate surface area is 122 Å². The number of rotatable bonds is 6. The molecule has 0 spiro atoms. The number of halogens is 2. The monoisotopic (exact) mass is 329 g/mol. The second kappa shape index (κ2) is 6.23. The molecule has 4 heteroatoms. The van der Waals surface area contributed by atoms with Gasteiger partial charge in [-0.25, -0.2) is 4.39 Å². The molecule has 1 aromatic rings. The molecular weight excluding hydrogens is 309 g/mol. The van der Waals surface area contributed by atoms with Crippen LogP contribution in [0.3, 0.4) is 0 Å². The topological polar surface area (TPSA) is 21.3 Å². The lowest BCUT2D eigenvalue weighted by molar-refractivity contribution is 0.334. The first-order chi connectivity index (χ1) is 9.08. The quantitative estimate of drug-likeness (QED) is 0.840. The molecule has 1 fully saturated rings. The molecule has 1 aliphatic carbocycles. The van der Waals surface area contributed by atoms with Crippen LogP contribution in [0.15, 0.2) is 16.6 Å². The molecule has 2 atom stereocenters. The molecule has 0 saturated heterocycles. The molecule has 106 valence electrons. The van der Waals surface area contributed by atoms with Crippen LogP contribution in [-0.2, 0) is 0 Å². The highest BCUT2D eigenvalue weighted by molar-refractivity contribution is 9.10. The number of benzene rings is 1. The van der Waals surface area contributed by atoms with Gasteiger partial charge in [0.05, 0.1) is 11.6 Å². The predicted molar refractivity (Wildman–Crippen MR) is 79.0 cm³/mol. The van der Waals surface area contributed by atoms with E-state index in [9.17, 15) is 4.39 Å². The number of methoxy groups -OCH3 is 1. The first-order valence-corrected chi connectivity index (χ1v) is 7.64. The first kappa shape index (κ1) is 14.8. The summed E-state index contributed by atoms with van der Waals surface area (Å²) in [6.45, 7) is 5.25. The Balaban J connectivity index is 2.36. The van der Waals surface area contributed by atoms with E-state index in [2.05, 4.69) is 35.1 Å². The maximum atomic E-state index is 13.6. The van der Waals surface area contributed by atoms with Crippen molar-refractivity contribution in [3.63, 3.8) is 0 Å². The van der Waals surface area contributed by atoms with Crippen molar-refractivity contribution < 1.29 is 9.13 Å². The summed E-state index contributed by atoms with van der Waals surface area (Å²) in [5, 5.41) is 3.52. The molecule has 1 aliphatic rings. The second-order valence-corrected chi connectivity index (χ2v) is 6.09. The van der Waals surface area contributed by atoms with Gasteiger partial charge in [-0.2, -0.15) is 0 Å². The number of hydrogen-bond acceptors (Lipinski definition) is 2. The van der Waals surface area contributed by atoms with Gasteiger partial charge in [0.2, 0.25) is 0 Å². The van der Waals surface area contributed by atoms with Gasteiger partial charge in [0.1, 0.15) is 11.6 Å². The van der Waals surface area contributed by atoms with Crippen LogP contribution in [0.2, 0.25) is 0 Å². The van der Waals surface area contributed by atoms with Crippen molar-refractivity contribution in [3.8, 4) is 5.75 Å². The molecule has 0 amide bonds. The van der Waals surface area contributed by atoms with Gasteiger partial charge in [-0.05, 0) is 53.2 Å². The summed E-state index contributed by atoms with van der Waals surface area (Å²) in [5.74, 6) is 1.65. The molecule has 1 N–H and O–H groups in total. The van der Waals surface area contributed by atoms with Gasteiger partial charge in [-0.15, -0.1) is 0 Å². The van der Waals surface area contributed by atoms with Crippen LogP contribution in [0.5, 0.6) is 5.75 Å². The van der Waals surface area contributed by atoms with Crippen LogP contribution in [0, 0.1) is 17.7 Å². The number of hydrogen-bond donors (Lipinski definition) is 1. The standard InChI is InChI=1S/C15H21BrFNO/c1-4-18-15(9(2)10-5-6-10)11-7-12(16)13(17)8-14(11)19-3/h7-10,15,18H,4-6H2,1-3H3. The third-order valence-corrected chi connectivity index (χ3v) is 4.53. The molecule has 2 rings (SSSR count). The zero-order valence-corrected chi connectivity index (χ0v) is 13.3. The molecule has 0 heterocycles. The lowest BCUT2D eigenvalue weighted by Gasteiger charge is -2.27. The van der Waals surface area contributed by atoms with Crippen molar-refractivity contribution in [2.75, 3.05) is 13.7 Å². The van der Waals surface area contributed by atoms with Gasteiger partial charge in [-0.1, -0.05) is 13.8 Å². The van der Waals surface area contributed by atoms with E-state index in [0.717, 1.165) is 18.0 Å². The van der Waals surface area contributed by atoms with E-state index in [1.807, 2.05) is 6.07 Å². The van der Waals surface area contributed by atoms with Crippen molar-refractivity contribution in [1.82, 2.24) is 5.32 Å². The summed E-state index contributed by atoms with van der Waals surface area (Å²) in [6.07, 6.45) is 2.60. The third kappa shape index (κ3) is 3.29. The molecule has 2 unspecified atom stereocenters. The van der Waals surface area contributed by atoms with Crippen LogP contribution >= 0.6 is 15.9 Å². The Morgan fingerprint density at radius 1 is 1.47 bits per heavy atom. The molecule has 1 saturated carbocycles. The fourth-order valence-electron chi connectivity index (χ4n) is 2.66. The van der Waals surface area contributed by atoms with Crippen molar-refractivity contribution in [2.24, 2.45) is 11.8 Å². The van der Waals surface area contributed by atoms with Gasteiger partial charge >= 0.3 is 0 Å². The molecule has 0 radical (unpaired) electrons. The summed E-state index contributed by atoms with van der Waals surface area (Å²) in [4.78, 5) is 0. The van der Waals surface area contributed by atoms with Crippen LogP contribution in [-0.4, -0.2) is 13.7 Å². The highest BCUT2D eigenvalue weighted by atomic mass is 79.9. The van der Waals surface area contributed by atoms with Crippen molar-refractivity contribution in [2.45, 2.75) is 32.7 Å². The van der Waals surface area contributed by atoms with Crippen molar-refractivity contribution in [1.29, 1.82) is 0 Å². The SMILES string of the molecule is CCNC(c1cc(Br)c(F)cc1OC)C(C)C1CC1. The molecule has 0 aromatic heterocycles. The molecule has 0 aliphatic heterocycles. The van der Waals surface area contributed by atoms with Crippen LogP contribution in [0.25, 0.3) is 0 Å². The summed E-state index contributed by atoms with van der Waals surface area (Å²) < 4.78 is 19.5. The smallest absolute Gasteiger partial charge is 0.141 e. The largest absolute Gasteiger partial charge is 0.496 e. The number of nitrogens with one attached hydrogen (secondary N) is 1. The fraction of sp³-hybridized carbons (Fsp3) is 0.600. The minimum Gasteiger partial charge on any atom is -0.496 e. The third-order valence-electron chi connectivity index (χ3n) is 3.92. The highest BCUT2D eigenvalue weighted by Crippen LogP contribution is 2.45. The van der Waals surface area contributed by atoms with Gasteiger partial charge in [0, 0.05) is 17.7 Å². The van der Waals surface area contributed by atoms with E-state index in [-0.39, 0.29) is 11.9 Å². The maximum absolute atomic E-state index is 13.6. The van der Waals surface area contributed by atoms with E-state index >= 15 is 0 Å². The average molecular weight is 330 g/mol. The fourth-order valence-corrected chi connectivity index (χ4v) is 3.02. The van der Waals surface area contributed by atoms with Crippen LogP contribution in [0.4, 0.5) is 4.39 Å². The predicted octanol–water partition coefficient (Wildman–Crippen LogP) is 4.29. The summed E-state index contributed by atoms with van der Waals surface area (Å²) in [5.41, 5.74) is 1.04. The normalized spacial score (nSPS) is 18.2. The lowest BCUT2D eigenvalue weighted by atomic mass is 9.90. The number of ether oxygens (including phenoxy) is 1. The van der Waals surface area contributed by atoms with E-state index in [1.54, 1.807) is 7.11 Å². The second-order valence-electron chi connectivity index (χ2n) is 5.24. The van der Waals surface area contributed by atoms with Crippen LogP contribution in [0.1, 0.15) is 38.3 Å². The van der Waals surface area contributed by atoms with Gasteiger partial charge in [0.25, 0.3) is 0 Å². The first-order valence-electron chi connectivity index (χ1n) is 6.84. The minimum atomic E-state index is -0.282. The van der Waals surface area contributed by atoms with Gasteiger partial charge in [0.15, 0.2) is 0 Å². The zero-order valence-electron chi connectivity index (χ0n) is 11.7. The highest BCUT2D eigenvalue weighted by Gasteiger charge is 2.35. The van der Waals surface area contributed by atoms with E-state index in [4.69, 9.17) is 4.74 Å². The van der Waals surface area contributed by atoms with Gasteiger partial charge < -0.3 is 10.1 Å². The summed E-state index contributed by atoms with van der Waals surface area (Å²) >= 11 is 3.27. The summed E-state index contributed by atoms with van der Waals surface area (Å²) in [6, 6.07) is 3.52. The molecule has 19 heavy (non-hydrogen) atoms. The zero-order chi connectivity index (χ0) is 14.0. The van der Waals surface area contributed by atoms with Crippen molar-refractivity contribution in [3.05, 3.63) is 28.0 Å². The molecule has 2 nitrogen and oxygen atoms in total. The van der Waals surface area contributed by atoms with Crippen molar-refractivity contribution >= 4 is 15.9 Å². The average Bonchev–Trinajstić information content (AvgIpc) is 3.22. The Hall–Kier alpha value is -0.610. The lowest BCUT2D eigenvalue weighted by Crippen LogP contribution is -2.28. The van der Waals surface area contributed by atoms with E-state index in [0.29, 0.717) is 16.1 Å². The molecule has 1 aromatic carbocycles. The summed E-state index contributed by atoms with van der Waals surface area (Å²) in [7, 11) is 1.59. The Kier molecular flexibility index (Phi) is 4.85. The Morgan fingerprint density at radius 3 is 2.68 bits per heavy atom. The molecule has 0 bridgehead atoms. The van der Waals surface area contributed by atoms with E-state index < -0.39 is 0 Å². The van der Waals surface area contributed by atoms with Crippen LogP contribution < -0.4 is 10.1 Å². The molecular formula is C15H21BrFNO. The van der Waals surface area contributed by atoms with Gasteiger partial charge in [-0.3, -0.25) is 0 Å². The minimum absolute atomic E-state index is 0.212. The Bertz CT molecular complexity index is 448. The van der Waals surface area contributed by atoms with E-state index in [1.165, 1.54) is 18.9 Å².